The van der Waals surface area contributed by atoms with Crippen molar-refractivity contribution in [2.24, 2.45) is 0 Å². The molecule has 0 aromatic carbocycles. The molecule has 0 unspecified atom stereocenters. The molecule has 0 atom stereocenters. The molecule has 0 spiro atoms. The summed E-state index contributed by atoms with van der Waals surface area (Å²) < 4.78 is 8.74. The fraction of sp³-hybridized carbons (Fsp3) is 0.600. The Hall–Kier alpha value is 0.877. The summed E-state index contributed by atoms with van der Waals surface area (Å²) in [7, 11) is 0. The van der Waals surface area contributed by atoms with Gasteiger partial charge in [0.05, 0.1) is 0 Å². The summed E-state index contributed by atoms with van der Waals surface area (Å²) in [6.45, 7) is 0. The van der Waals surface area contributed by atoms with Crippen molar-refractivity contribution in [3.8, 4) is 0 Å². The molecule has 0 aliphatic heterocycles. The average molecular weight is 394 g/mol. The van der Waals surface area contributed by atoms with Gasteiger partial charge in [-0.15, -0.1) is 0 Å². The van der Waals surface area contributed by atoms with Gasteiger partial charge < -0.3 is 0 Å². The Morgan fingerprint density at radius 3 is 1.77 bits per heavy atom. The van der Waals surface area contributed by atoms with Crippen LogP contribution in [0.5, 0.6) is 0 Å². The van der Waals surface area contributed by atoms with Crippen molar-refractivity contribution in [2.75, 3.05) is 0 Å². The van der Waals surface area contributed by atoms with E-state index in [1.807, 2.05) is 6.26 Å². The van der Waals surface area contributed by atoms with Gasteiger partial charge in [0.15, 0.2) is 0 Å². The molecule has 1 nitrogen and oxygen atoms in total. The van der Waals surface area contributed by atoms with Crippen LogP contribution in [0.1, 0.15) is 0 Å². The van der Waals surface area contributed by atoms with Gasteiger partial charge in [-0.2, -0.15) is 0 Å². The molecule has 0 N–H and O–H groups in total. The zero-order chi connectivity index (χ0) is 10.3. The summed E-state index contributed by atoms with van der Waals surface area (Å²) in [5.41, 5.74) is 0. The van der Waals surface area contributed by atoms with Crippen molar-refractivity contribution in [2.45, 2.75) is 29.6 Å². The van der Waals surface area contributed by atoms with Crippen LogP contribution in [-0.2, 0) is 0 Å². The Balaban J connectivity index is 3.19. The first-order valence-electron chi connectivity index (χ1n) is 4.81. The van der Waals surface area contributed by atoms with E-state index in [4.69, 9.17) is 4.42 Å². The van der Waals surface area contributed by atoms with Gasteiger partial charge >= 0.3 is 90.5 Å². The van der Waals surface area contributed by atoms with Crippen LogP contribution in [0.15, 0.2) is 16.7 Å². The summed E-state index contributed by atoms with van der Waals surface area (Å²) >= 11 is -3.87. The van der Waals surface area contributed by atoms with E-state index in [1.165, 1.54) is 3.78 Å². The van der Waals surface area contributed by atoms with Gasteiger partial charge in [0.1, 0.15) is 0 Å². The molecular weight excluding hydrogens is 374 g/mol. The zero-order valence-corrected chi connectivity index (χ0v) is 15.3. The summed E-state index contributed by atoms with van der Waals surface area (Å²) in [5.74, 6) is 0. The molecule has 0 aliphatic carbocycles. The minimum atomic E-state index is -1.97. The molecule has 0 fully saturated rings. The molecule has 0 amide bonds. The first kappa shape index (κ1) is 11.9. The van der Waals surface area contributed by atoms with Crippen LogP contribution < -0.4 is 7.36 Å². The van der Waals surface area contributed by atoms with Crippen molar-refractivity contribution >= 4 is 44.1 Å². The van der Waals surface area contributed by atoms with E-state index < -0.39 is 36.8 Å². The Bertz CT molecular complexity index is 260. The third-order valence-electron chi connectivity index (χ3n) is 2.15. The monoisotopic (exact) mass is 396 g/mol. The van der Waals surface area contributed by atoms with Crippen LogP contribution in [-0.4, -0.2) is 36.8 Å². The van der Waals surface area contributed by atoms with E-state index in [2.05, 4.69) is 35.7 Å². The van der Waals surface area contributed by atoms with E-state index in [-0.39, 0.29) is 0 Å². The Morgan fingerprint density at radius 1 is 0.923 bits per heavy atom. The topological polar surface area (TPSA) is 13.1 Å². The summed E-state index contributed by atoms with van der Waals surface area (Å²) in [5, 5.41) is 0. The van der Waals surface area contributed by atoms with E-state index in [9.17, 15) is 0 Å². The van der Waals surface area contributed by atoms with Gasteiger partial charge in [-0.1, -0.05) is 0 Å². The van der Waals surface area contributed by atoms with Gasteiger partial charge in [0.25, 0.3) is 0 Å². The van der Waals surface area contributed by atoms with Crippen molar-refractivity contribution in [1.82, 2.24) is 0 Å². The molecule has 0 radical (unpaired) electrons. The Labute approximate surface area is 89.7 Å². The molecule has 0 saturated carbocycles. The van der Waals surface area contributed by atoms with E-state index in [0.29, 0.717) is 0 Å². The fourth-order valence-electron chi connectivity index (χ4n) is 1.48. The molecule has 3 heteroatoms. The average Bonchev–Trinajstić information content (AvgIpc) is 2.27. The Morgan fingerprint density at radius 2 is 1.46 bits per heavy atom. The predicted molar refractivity (Wildman–Crippen MR) is 64.7 cm³/mol. The van der Waals surface area contributed by atoms with Gasteiger partial charge in [-0.3, -0.25) is 0 Å². The van der Waals surface area contributed by atoms with Crippen LogP contribution in [0.25, 0.3) is 0 Å². The van der Waals surface area contributed by atoms with E-state index in [0.717, 1.165) is 0 Å². The minimum absolute atomic E-state index is 1.41. The van der Waals surface area contributed by atoms with Crippen molar-refractivity contribution in [3.05, 3.63) is 12.3 Å². The van der Waals surface area contributed by atoms with Gasteiger partial charge in [0.2, 0.25) is 0 Å². The van der Waals surface area contributed by atoms with Crippen molar-refractivity contribution in [3.63, 3.8) is 0 Å². The van der Waals surface area contributed by atoms with Crippen molar-refractivity contribution < 1.29 is 4.42 Å². The van der Waals surface area contributed by atoms with Crippen LogP contribution in [0.3, 0.4) is 0 Å². The molecular formula is C10H20OSn2. The molecule has 0 bridgehead atoms. The van der Waals surface area contributed by atoms with Gasteiger partial charge in [0, 0.05) is 0 Å². The summed E-state index contributed by atoms with van der Waals surface area (Å²) in [4.78, 5) is 14.7. The molecule has 1 heterocycles. The number of hydrogen-bond donors (Lipinski definition) is 0. The summed E-state index contributed by atoms with van der Waals surface area (Å²) in [6.07, 6.45) is 1.90. The maximum atomic E-state index is 5.70. The van der Waals surface area contributed by atoms with Crippen LogP contribution in [0.2, 0.25) is 29.6 Å². The molecule has 13 heavy (non-hydrogen) atoms. The second-order valence-electron chi connectivity index (χ2n) is 5.66. The number of rotatable bonds is 2. The van der Waals surface area contributed by atoms with E-state index in [1.54, 1.807) is 3.58 Å². The Kier molecular flexibility index (Phi) is 3.49. The molecule has 0 saturated heterocycles. The first-order valence-corrected chi connectivity index (χ1v) is 24.8. The predicted octanol–water partition coefficient (Wildman–Crippen LogP) is 2.37. The molecule has 1 aromatic rings. The first-order chi connectivity index (χ1) is 5.73. The quantitative estimate of drug-likeness (QED) is 0.703. The standard InChI is InChI=1S/C4H2O.6CH3.2Sn/c1-2-4-5-3-1;;;;;;;;/h1,3H;6*1H3;;. The SMILES string of the molecule is [CH3][Sn]([CH3])([CH3])[c]1cco[c]1[Sn]([CH3])([CH3])[CH3]. The molecule has 74 valence electrons. The second kappa shape index (κ2) is 3.80. The third kappa shape index (κ3) is 2.91. The van der Waals surface area contributed by atoms with E-state index >= 15 is 0 Å². The molecule has 1 aromatic heterocycles. The normalized spacial score (nSPS) is 13.4. The van der Waals surface area contributed by atoms with Crippen molar-refractivity contribution in [1.29, 1.82) is 0 Å². The third-order valence-corrected chi connectivity index (χ3v) is 14.9. The van der Waals surface area contributed by atoms with Gasteiger partial charge in [-0.05, 0) is 0 Å². The number of hydrogen-bond acceptors (Lipinski definition) is 1. The number of furan rings is 1. The maximum absolute atomic E-state index is 5.70. The van der Waals surface area contributed by atoms with Gasteiger partial charge in [-0.25, -0.2) is 0 Å². The second-order valence-corrected chi connectivity index (χ2v) is 34.2. The molecule has 0 aliphatic rings. The molecule has 1 rings (SSSR count). The summed E-state index contributed by atoms with van der Waals surface area (Å²) in [6, 6.07) is 2.23. The fourth-order valence-corrected chi connectivity index (χ4v) is 23.3. The van der Waals surface area contributed by atoms with Crippen LogP contribution >= 0.6 is 0 Å². The van der Waals surface area contributed by atoms with Crippen LogP contribution in [0.4, 0.5) is 0 Å². The zero-order valence-electron chi connectivity index (χ0n) is 9.56. The van der Waals surface area contributed by atoms with Crippen LogP contribution in [0, 0.1) is 0 Å².